The molecule has 4 N–H and O–H groups in total. The van der Waals surface area contributed by atoms with Crippen LogP contribution in [0.15, 0.2) is 22.7 Å². The standard InChI is InChI=1S/C13H17BrN2O2/c14-10-4-3-9(7-11(10)15)12(17)16-8-13(18)5-1-2-6-13/h3-4,7,18H,1-2,5-6,8,15H2,(H,16,17). The van der Waals surface area contributed by atoms with Gasteiger partial charge < -0.3 is 16.2 Å². The van der Waals surface area contributed by atoms with Crippen molar-refractivity contribution >= 4 is 27.5 Å². The van der Waals surface area contributed by atoms with E-state index < -0.39 is 5.60 Å². The molecule has 0 atom stereocenters. The average molecular weight is 313 g/mol. The molecule has 98 valence electrons. The molecule has 0 spiro atoms. The Kier molecular flexibility index (Phi) is 3.92. The summed E-state index contributed by atoms with van der Waals surface area (Å²) in [6.45, 7) is 0.307. The summed E-state index contributed by atoms with van der Waals surface area (Å²) >= 11 is 3.28. The third-order valence-electron chi connectivity index (χ3n) is 3.37. The van der Waals surface area contributed by atoms with E-state index in [1.54, 1.807) is 18.2 Å². The highest BCUT2D eigenvalue weighted by Gasteiger charge is 2.31. The molecule has 0 heterocycles. The Morgan fingerprint density at radius 3 is 2.72 bits per heavy atom. The van der Waals surface area contributed by atoms with Crippen molar-refractivity contribution in [2.24, 2.45) is 0 Å². The number of hydrogen-bond acceptors (Lipinski definition) is 3. The van der Waals surface area contributed by atoms with Crippen molar-refractivity contribution in [3.05, 3.63) is 28.2 Å². The molecule has 2 rings (SSSR count). The molecule has 0 radical (unpaired) electrons. The zero-order valence-electron chi connectivity index (χ0n) is 10.1. The molecule has 0 saturated heterocycles. The molecule has 0 bridgehead atoms. The van der Waals surface area contributed by atoms with E-state index in [0.717, 1.165) is 30.2 Å². The van der Waals surface area contributed by atoms with E-state index in [1.807, 2.05) is 0 Å². The van der Waals surface area contributed by atoms with Crippen molar-refractivity contribution in [2.75, 3.05) is 12.3 Å². The van der Waals surface area contributed by atoms with Crippen molar-refractivity contribution < 1.29 is 9.90 Å². The second-order valence-electron chi connectivity index (χ2n) is 4.85. The fraction of sp³-hybridized carbons (Fsp3) is 0.462. The monoisotopic (exact) mass is 312 g/mol. The molecule has 0 unspecified atom stereocenters. The maximum Gasteiger partial charge on any atom is 0.251 e. The van der Waals surface area contributed by atoms with Crippen LogP contribution in [-0.2, 0) is 0 Å². The SMILES string of the molecule is Nc1cc(C(=O)NCC2(O)CCCC2)ccc1Br. The van der Waals surface area contributed by atoms with Crippen LogP contribution in [-0.4, -0.2) is 23.2 Å². The summed E-state index contributed by atoms with van der Waals surface area (Å²) < 4.78 is 0.772. The smallest absolute Gasteiger partial charge is 0.251 e. The molecular weight excluding hydrogens is 296 g/mol. The van der Waals surface area contributed by atoms with Crippen LogP contribution in [0.2, 0.25) is 0 Å². The first-order valence-corrected chi connectivity index (χ1v) is 6.85. The first kappa shape index (κ1) is 13.4. The molecule has 1 saturated carbocycles. The highest BCUT2D eigenvalue weighted by atomic mass is 79.9. The minimum Gasteiger partial charge on any atom is -0.398 e. The van der Waals surface area contributed by atoms with E-state index in [0.29, 0.717) is 17.8 Å². The van der Waals surface area contributed by atoms with Gasteiger partial charge in [0.25, 0.3) is 5.91 Å². The first-order valence-electron chi connectivity index (χ1n) is 6.06. The summed E-state index contributed by atoms with van der Waals surface area (Å²) in [6, 6.07) is 5.07. The molecule has 4 nitrogen and oxygen atoms in total. The number of aliphatic hydroxyl groups is 1. The number of benzene rings is 1. The number of carbonyl (C=O) groups excluding carboxylic acids is 1. The van der Waals surface area contributed by atoms with E-state index in [1.165, 1.54) is 0 Å². The Labute approximate surface area is 115 Å². The van der Waals surface area contributed by atoms with Crippen molar-refractivity contribution in [2.45, 2.75) is 31.3 Å². The lowest BCUT2D eigenvalue weighted by Gasteiger charge is -2.22. The van der Waals surface area contributed by atoms with Crippen LogP contribution < -0.4 is 11.1 Å². The van der Waals surface area contributed by atoms with Gasteiger partial charge in [0.2, 0.25) is 0 Å². The number of nitrogen functional groups attached to an aromatic ring is 1. The highest BCUT2D eigenvalue weighted by molar-refractivity contribution is 9.10. The average Bonchev–Trinajstić information content (AvgIpc) is 2.77. The summed E-state index contributed by atoms with van der Waals surface area (Å²) in [4.78, 5) is 11.9. The van der Waals surface area contributed by atoms with Gasteiger partial charge in [0.1, 0.15) is 0 Å². The van der Waals surface area contributed by atoms with Crippen LogP contribution in [0, 0.1) is 0 Å². The second kappa shape index (κ2) is 5.28. The van der Waals surface area contributed by atoms with Crippen molar-refractivity contribution in [1.82, 2.24) is 5.32 Å². The molecule has 1 aliphatic carbocycles. The van der Waals surface area contributed by atoms with Crippen LogP contribution in [0.3, 0.4) is 0 Å². The van der Waals surface area contributed by atoms with E-state index >= 15 is 0 Å². The number of amides is 1. The lowest BCUT2D eigenvalue weighted by atomic mass is 10.0. The number of nitrogens with two attached hydrogens (primary N) is 1. The number of hydrogen-bond donors (Lipinski definition) is 3. The van der Waals surface area contributed by atoms with Crippen molar-refractivity contribution in [1.29, 1.82) is 0 Å². The fourth-order valence-electron chi connectivity index (χ4n) is 2.24. The normalized spacial score (nSPS) is 17.7. The zero-order valence-corrected chi connectivity index (χ0v) is 11.7. The molecule has 1 aromatic carbocycles. The molecule has 1 aromatic rings. The van der Waals surface area contributed by atoms with Gasteiger partial charge in [-0.1, -0.05) is 12.8 Å². The maximum atomic E-state index is 11.9. The van der Waals surface area contributed by atoms with E-state index in [4.69, 9.17) is 5.73 Å². The molecule has 0 aromatic heterocycles. The third-order valence-corrected chi connectivity index (χ3v) is 4.09. The van der Waals surface area contributed by atoms with E-state index in [9.17, 15) is 9.90 Å². The molecule has 18 heavy (non-hydrogen) atoms. The molecule has 5 heteroatoms. The van der Waals surface area contributed by atoms with Crippen LogP contribution >= 0.6 is 15.9 Å². The number of nitrogens with one attached hydrogen (secondary N) is 1. The second-order valence-corrected chi connectivity index (χ2v) is 5.70. The Morgan fingerprint density at radius 1 is 1.44 bits per heavy atom. The Balaban J connectivity index is 1.97. The van der Waals surface area contributed by atoms with Gasteiger partial charge in [-0.3, -0.25) is 4.79 Å². The lowest BCUT2D eigenvalue weighted by molar-refractivity contribution is 0.0449. The first-order chi connectivity index (χ1) is 8.50. The molecule has 1 fully saturated rings. The lowest BCUT2D eigenvalue weighted by Crippen LogP contribution is -2.40. The summed E-state index contributed by atoms with van der Waals surface area (Å²) in [5.74, 6) is -0.200. The van der Waals surface area contributed by atoms with Crippen LogP contribution in [0.1, 0.15) is 36.0 Å². The van der Waals surface area contributed by atoms with Gasteiger partial charge in [0.15, 0.2) is 0 Å². The van der Waals surface area contributed by atoms with Crippen molar-refractivity contribution in [3.8, 4) is 0 Å². The van der Waals surface area contributed by atoms with E-state index in [-0.39, 0.29) is 5.91 Å². The summed E-state index contributed by atoms with van der Waals surface area (Å²) in [5, 5.41) is 12.9. The van der Waals surface area contributed by atoms with Gasteiger partial charge in [0.05, 0.1) is 5.60 Å². The summed E-state index contributed by atoms with van der Waals surface area (Å²) in [5.41, 5.74) is 6.04. The minimum atomic E-state index is -0.726. The Morgan fingerprint density at radius 2 is 2.11 bits per heavy atom. The summed E-state index contributed by atoms with van der Waals surface area (Å²) in [6.07, 6.45) is 3.57. The van der Waals surface area contributed by atoms with Crippen molar-refractivity contribution in [3.63, 3.8) is 0 Å². The van der Waals surface area contributed by atoms with Crippen LogP contribution in [0.4, 0.5) is 5.69 Å². The molecule has 1 amide bonds. The maximum absolute atomic E-state index is 11.9. The predicted octanol–water partition coefficient (Wildman–Crippen LogP) is 2.07. The number of anilines is 1. The minimum absolute atomic E-state index is 0.200. The molecular formula is C13H17BrN2O2. The van der Waals surface area contributed by atoms with Gasteiger partial charge in [-0.25, -0.2) is 0 Å². The van der Waals surface area contributed by atoms with Gasteiger partial charge in [-0.2, -0.15) is 0 Å². The van der Waals surface area contributed by atoms with Crippen LogP contribution in [0.5, 0.6) is 0 Å². The largest absolute Gasteiger partial charge is 0.398 e. The Bertz CT molecular complexity index is 456. The third kappa shape index (κ3) is 3.03. The van der Waals surface area contributed by atoms with Gasteiger partial charge in [0, 0.05) is 22.3 Å². The van der Waals surface area contributed by atoms with Crippen LogP contribution in [0.25, 0.3) is 0 Å². The number of rotatable bonds is 3. The Hall–Kier alpha value is -1.07. The molecule has 0 aliphatic heterocycles. The van der Waals surface area contributed by atoms with Gasteiger partial charge in [-0.05, 0) is 47.0 Å². The van der Waals surface area contributed by atoms with Gasteiger partial charge in [-0.15, -0.1) is 0 Å². The topological polar surface area (TPSA) is 75.4 Å². The predicted molar refractivity (Wildman–Crippen MR) is 74.3 cm³/mol. The highest BCUT2D eigenvalue weighted by Crippen LogP contribution is 2.28. The summed E-state index contributed by atoms with van der Waals surface area (Å²) in [7, 11) is 0. The molecule has 1 aliphatic rings. The van der Waals surface area contributed by atoms with Gasteiger partial charge >= 0.3 is 0 Å². The quantitative estimate of drug-likeness (QED) is 0.748. The van der Waals surface area contributed by atoms with E-state index in [2.05, 4.69) is 21.2 Å². The number of carbonyl (C=O) groups is 1. The zero-order chi connectivity index (χ0) is 13.2. The number of halogens is 1. The fourth-order valence-corrected chi connectivity index (χ4v) is 2.49.